The van der Waals surface area contributed by atoms with Crippen molar-refractivity contribution in [3.05, 3.63) is 23.8 Å². The smallest absolute Gasteiger partial charge is 0.233 e. The summed E-state index contributed by atoms with van der Waals surface area (Å²) in [5, 5.41) is 10.2. The number of hydrogen-bond donors (Lipinski definition) is 1. The summed E-state index contributed by atoms with van der Waals surface area (Å²) in [4.78, 5) is 15.3. The van der Waals surface area contributed by atoms with Crippen LogP contribution >= 0.6 is 0 Å². The van der Waals surface area contributed by atoms with Gasteiger partial charge in [0.25, 0.3) is 0 Å². The van der Waals surface area contributed by atoms with Crippen molar-refractivity contribution >= 4 is 5.91 Å². The van der Waals surface area contributed by atoms with Crippen LogP contribution in [0.1, 0.15) is 38.2 Å². The summed E-state index contributed by atoms with van der Waals surface area (Å²) >= 11 is 0. The highest BCUT2D eigenvalue weighted by molar-refractivity contribution is 5.89. The van der Waals surface area contributed by atoms with Crippen LogP contribution in [0.25, 0.3) is 0 Å². The molecule has 2 fully saturated rings. The van der Waals surface area contributed by atoms with Gasteiger partial charge in [0.1, 0.15) is 6.10 Å². The van der Waals surface area contributed by atoms with Crippen molar-refractivity contribution in [1.82, 2.24) is 4.90 Å². The third-order valence-electron chi connectivity index (χ3n) is 5.71. The first-order chi connectivity index (χ1) is 12.6. The van der Waals surface area contributed by atoms with Crippen molar-refractivity contribution in [1.29, 1.82) is 0 Å². The van der Waals surface area contributed by atoms with E-state index in [4.69, 9.17) is 14.2 Å². The number of nitrogens with zero attached hydrogens (tertiary/aromatic N) is 1. The second-order valence-corrected chi connectivity index (χ2v) is 7.13. The summed E-state index contributed by atoms with van der Waals surface area (Å²) in [7, 11) is 3.21. The van der Waals surface area contributed by atoms with Gasteiger partial charge in [-0.2, -0.15) is 0 Å². The minimum Gasteiger partial charge on any atom is -0.493 e. The number of aliphatic hydroxyl groups excluding tert-OH is 1. The van der Waals surface area contributed by atoms with Crippen LogP contribution in [0, 0.1) is 0 Å². The van der Waals surface area contributed by atoms with Crippen molar-refractivity contribution in [2.45, 2.75) is 50.2 Å². The Balaban J connectivity index is 1.90. The molecule has 1 heterocycles. The van der Waals surface area contributed by atoms with Gasteiger partial charge in [-0.15, -0.1) is 0 Å². The van der Waals surface area contributed by atoms with E-state index in [1.807, 2.05) is 25.1 Å². The van der Waals surface area contributed by atoms with Crippen LogP contribution in [-0.2, 0) is 14.9 Å². The maximum absolute atomic E-state index is 13.5. The fraction of sp³-hybridized carbons (Fsp3) is 0.650. The van der Waals surface area contributed by atoms with Crippen LogP contribution in [0.15, 0.2) is 18.2 Å². The summed E-state index contributed by atoms with van der Waals surface area (Å²) in [5.41, 5.74) is 0.410. The third kappa shape index (κ3) is 3.28. The van der Waals surface area contributed by atoms with Crippen molar-refractivity contribution in [2.24, 2.45) is 0 Å². The quantitative estimate of drug-likeness (QED) is 0.839. The zero-order valence-corrected chi connectivity index (χ0v) is 15.9. The van der Waals surface area contributed by atoms with E-state index in [-0.39, 0.29) is 12.0 Å². The molecule has 0 unspecified atom stereocenters. The first-order valence-electron chi connectivity index (χ1n) is 9.37. The van der Waals surface area contributed by atoms with E-state index < -0.39 is 11.5 Å². The lowest BCUT2D eigenvalue weighted by atomic mass is 9.77. The number of carbonyl (C=O) groups excluding carboxylic acids is 1. The van der Waals surface area contributed by atoms with E-state index in [1.165, 1.54) is 0 Å². The molecule has 6 heteroatoms. The molecular formula is C20H29NO5. The highest BCUT2D eigenvalue weighted by Crippen LogP contribution is 2.45. The number of ether oxygens (including phenoxy) is 3. The van der Waals surface area contributed by atoms with E-state index in [1.54, 1.807) is 19.1 Å². The van der Waals surface area contributed by atoms with Gasteiger partial charge < -0.3 is 24.2 Å². The lowest BCUT2D eigenvalue weighted by molar-refractivity contribution is -0.137. The predicted octanol–water partition coefficient (Wildman–Crippen LogP) is 2.12. The molecule has 2 atom stereocenters. The third-order valence-corrected chi connectivity index (χ3v) is 5.71. The molecular weight excluding hydrogens is 334 g/mol. The monoisotopic (exact) mass is 363 g/mol. The van der Waals surface area contributed by atoms with Crippen LogP contribution in [0.3, 0.4) is 0 Å². The average Bonchev–Trinajstić information content (AvgIpc) is 3.29. The Morgan fingerprint density at radius 1 is 1.19 bits per heavy atom. The molecule has 0 spiro atoms. The van der Waals surface area contributed by atoms with E-state index in [9.17, 15) is 9.90 Å². The van der Waals surface area contributed by atoms with Gasteiger partial charge in [0.15, 0.2) is 11.5 Å². The second-order valence-electron chi connectivity index (χ2n) is 7.13. The van der Waals surface area contributed by atoms with Gasteiger partial charge in [-0.25, -0.2) is 0 Å². The Labute approximate surface area is 155 Å². The van der Waals surface area contributed by atoms with E-state index >= 15 is 0 Å². The normalized spacial score (nSPS) is 24.7. The van der Waals surface area contributed by atoms with Gasteiger partial charge in [0.05, 0.1) is 25.7 Å². The number of rotatable bonds is 6. The van der Waals surface area contributed by atoms with E-state index in [0.29, 0.717) is 31.2 Å². The molecule has 3 rings (SSSR count). The lowest BCUT2D eigenvalue weighted by Crippen LogP contribution is -2.45. The van der Waals surface area contributed by atoms with Crippen molar-refractivity contribution in [3.8, 4) is 11.5 Å². The van der Waals surface area contributed by atoms with Crippen LogP contribution in [0.4, 0.5) is 0 Å². The van der Waals surface area contributed by atoms with Gasteiger partial charge in [0.2, 0.25) is 5.91 Å². The van der Waals surface area contributed by atoms with Crippen molar-refractivity contribution < 1.29 is 24.1 Å². The number of benzene rings is 1. The number of hydrogen-bond acceptors (Lipinski definition) is 5. The van der Waals surface area contributed by atoms with E-state index in [0.717, 1.165) is 31.2 Å². The number of methoxy groups -OCH3 is 2. The standard InChI is InChI=1S/C20H29NO5/c1-4-26-18-13-21(12-15(18)22)19(23)20(9-5-6-10-20)14-7-8-16(24-2)17(11-14)25-3/h7-8,11,15,18,22H,4-6,9-10,12-13H2,1-3H3/t15-,18-/m1/s1. The van der Waals surface area contributed by atoms with Gasteiger partial charge >= 0.3 is 0 Å². The highest BCUT2D eigenvalue weighted by atomic mass is 16.5. The predicted molar refractivity (Wildman–Crippen MR) is 97.7 cm³/mol. The van der Waals surface area contributed by atoms with Crippen molar-refractivity contribution in [3.63, 3.8) is 0 Å². The van der Waals surface area contributed by atoms with Crippen LogP contribution < -0.4 is 9.47 Å². The zero-order valence-electron chi connectivity index (χ0n) is 15.9. The molecule has 2 aliphatic rings. The van der Waals surface area contributed by atoms with Gasteiger partial charge in [-0.1, -0.05) is 18.9 Å². The molecule has 1 aromatic rings. The first kappa shape index (κ1) is 19.0. The van der Waals surface area contributed by atoms with Gasteiger partial charge in [-0.3, -0.25) is 4.79 Å². The zero-order chi connectivity index (χ0) is 18.7. The Hall–Kier alpha value is -1.79. The molecule has 144 valence electrons. The molecule has 1 amide bonds. The molecule has 6 nitrogen and oxygen atoms in total. The number of β-amino-alcohol motifs (C(OH)–C–C–N with tert-alkyl or cyclic N) is 1. The topological polar surface area (TPSA) is 68.2 Å². The summed E-state index contributed by atoms with van der Waals surface area (Å²) in [6.07, 6.45) is 2.74. The number of carbonyl (C=O) groups is 1. The molecule has 1 aliphatic heterocycles. The number of amides is 1. The molecule has 1 saturated carbocycles. The van der Waals surface area contributed by atoms with Crippen LogP contribution in [0.5, 0.6) is 11.5 Å². The number of aliphatic hydroxyl groups is 1. The Morgan fingerprint density at radius 2 is 1.88 bits per heavy atom. The lowest BCUT2D eigenvalue weighted by Gasteiger charge is -2.33. The molecule has 1 aliphatic carbocycles. The summed E-state index contributed by atoms with van der Waals surface area (Å²) < 4.78 is 16.4. The fourth-order valence-electron chi connectivity index (χ4n) is 4.34. The van der Waals surface area contributed by atoms with Crippen LogP contribution in [-0.4, -0.2) is 62.0 Å². The minimum absolute atomic E-state index is 0.0865. The highest BCUT2D eigenvalue weighted by Gasteiger charge is 2.48. The Kier molecular flexibility index (Phi) is 5.73. The Morgan fingerprint density at radius 3 is 2.50 bits per heavy atom. The van der Waals surface area contributed by atoms with Crippen LogP contribution in [0.2, 0.25) is 0 Å². The number of likely N-dealkylation sites (tertiary alicyclic amines) is 1. The Bertz CT molecular complexity index is 641. The molecule has 1 N–H and O–H groups in total. The SMILES string of the molecule is CCO[C@@H]1CN(C(=O)C2(c3ccc(OC)c(OC)c3)CCCC2)C[C@H]1O. The molecule has 1 aromatic carbocycles. The maximum atomic E-state index is 13.5. The molecule has 1 saturated heterocycles. The fourth-order valence-corrected chi connectivity index (χ4v) is 4.34. The molecule has 26 heavy (non-hydrogen) atoms. The summed E-state index contributed by atoms with van der Waals surface area (Å²) in [6.45, 7) is 3.21. The molecule has 0 bridgehead atoms. The van der Waals surface area contributed by atoms with E-state index in [2.05, 4.69) is 0 Å². The molecule has 0 aromatic heterocycles. The average molecular weight is 363 g/mol. The molecule has 0 radical (unpaired) electrons. The van der Waals surface area contributed by atoms with Gasteiger partial charge in [0, 0.05) is 19.7 Å². The largest absolute Gasteiger partial charge is 0.493 e. The maximum Gasteiger partial charge on any atom is 0.233 e. The summed E-state index contributed by atoms with van der Waals surface area (Å²) in [6, 6.07) is 5.76. The second kappa shape index (κ2) is 7.84. The van der Waals surface area contributed by atoms with Crippen molar-refractivity contribution in [2.75, 3.05) is 33.9 Å². The first-order valence-corrected chi connectivity index (χ1v) is 9.37. The minimum atomic E-state index is -0.622. The summed E-state index contributed by atoms with van der Waals surface area (Å²) in [5.74, 6) is 1.38. The van der Waals surface area contributed by atoms with Gasteiger partial charge in [-0.05, 0) is 37.5 Å².